The van der Waals surface area contributed by atoms with Crippen molar-refractivity contribution in [3.63, 3.8) is 0 Å². The molecule has 34 heavy (non-hydrogen) atoms. The number of aromatic nitrogens is 5. The van der Waals surface area contributed by atoms with Crippen molar-refractivity contribution in [2.45, 2.75) is 59.4 Å². The standard InChI is InChI=1S/C24H30N6O4/c1-5-11-34-24-18(12-16(13-25-24)14(3)31)22-26-20-19(6-2)30(28-21(20)23(33)27-22)17-7-9-29(10-8-17)15(4)32/h12-13,17H,5-11H2,1-4H3,(H,26,27,33). The SMILES string of the molecule is CCCOc1ncc(C(C)=O)cc1-c1nc2c(CC)n(C3CCN(C(C)=O)CC3)nc2c(=O)[nH]1. The van der Waals surface area contributed by atoms with Gasteiger partial charge in [-0.1, -0.05) is 13.8 Å². The van der Waals surface area contributed by atoms with E-state index in [2.05, 4.69) is 15.1 Å². The molecule has 0 spiro atoms. The number of ketones is 1. The summed E-state index contributed by atoms with van der Waals surface area (Å²) in [5.41, 5.74) is 2.20. The van der Waals surface area contributed by atoms with Crippen molar-refractivity contribution in [1.82, 2.24) is 29.6 Å². The second kappa shape index (κ2) is 9.74. The van der Waals surface area contributed by atoms with Crippen LogP contribution >= 0.6 is 0 Å². The van der Waals surface area contributed by atoms with Gasteiger partial charge in [-0.05, 0) is 38.7 Å². The largest absolute Gasteiger partial charge is 0.477 e. The summed E-state index contributed by atoms with van der Waals surface area (Å²) < 4.78 is 7.69. The average molecular weight is 467 g/mol. The van der Waals surface area contributed by atoms with Crippen LogP contribution in [-0.2, 0) is 11.2 Å². The molecule has 0 aliphatic carbocycles. The molecule has 0 atom stereocenters. The Kier molecular flexibility index (Phi) is 6.76. The van der Waals surface area contributed by atoms with Crippen LogP contribution in [0.15, 0.2) is 17.1 Å². The van der Waals surface area contributed by atoms with Gasteiger partial charge < -0.3 is 14.6 Å². The number of aromatic amines is 1. The van der Waals surface area contributed by atoms with Crippen LogP contribution in [0.1, 0.15) is 69.1 Å². The lowest BCUT2D eigenvalue weighted by atomic mass is 10.0. The summed E-state index contributed by atoms with van der Waals surface area (Å²) in [4.78, 5) is 50.5. The van der Waals surface area contributed by atoms with Gasteiger partial charge in [0.25, 0.3) is 5.56 Å². The van der Waals surface area contributed by atoms with Gasteiger partial charge in [-0.15, -0.1) is 0 Å². The van der Waals surface area contributed by atoms with Crippen LogP contribution in [-0.4, -0.2) is 61.0 Å². The predicted molar refractivity (Wildman–Crippen MR) is 127 cm³/mol. The van der Waals surface area contributed by atoms with Crippen molar-refractivity contribution in [1.29, 1.82) is 0 Å². The van der Waals surface area contributed by atoms with Crippen molar-refractivity contribution < 1.29 is 14.3 Å². The number of aryl methyl sites for hydroxylation is 1. The summed E-state index contributed by atoms with van der Waals surface area (Å²) >= 11 is 0. The summed E-state index contributed by atoms with van der Waals surface area (Å²) in [6, 6.07) is 1.74. The molecule has 4 heterocycles. The number of carbonyl (C=O) groups excluding carboxylic acids is 2. The van der Waals surface area contributed by atoms with Gasteiger partial charge in [0.1, 0.15) is 11.3 Å². The number of H-pyrrole nitrogens is 1. The first-order valence-electron chi connectivity index (χ1n) is 11.7. The number of fused-ring (bicyclic) bond motifs is 1. The van der Waals surface area contributed by atoms with E-state index in [4.69, 9.17) is 9.72 Å². The number of ether oxygens (including phenoxy) is 1. The number of hydrogen-bond acceptors (Lipinski definition) is 7. The van der Waals surface area contributed by atoms with Gasteiger partial charge >= 0.3 is 0 Å². The van der Waals surface area contributed by atoms with Crippen LogP contribution in [0.5, 0.6) is 5.88 Å². The molecule has 1 saturated heterocycles. The van der Waals surface area contributed by atoms with E-state index in [9.17, 15) is 14.4 Å². The van der Waals surface area contributed by atoms with Crippen molar-refractivity contribution in [3.05, 3.63) is 33.9 Å². The van der Waals surface area contributed by atoms with E-state index in [1.54, 1.807) is 13.0 Å². The number of hydrogen-bond donors (Lipinski definition) is 1. The van der Waals surface area contributed by atoms with Crippen LogP contribution < -0.4 is 10.3 Å². The summed E-state index contributed by atoms with van der Waals surface area (Å²) in [6.45, 7) is 8.81. The van der Waals surface area contributed by atoms with E-state index in [0.29, 0.717) is 54.5 Å². The second-order valence-electron chi connectivity index (χ2n) is 8.58. The Morgan fingerprint density at radius 2 is 1.91 bits per heavy atom. The van der Waals surface area contributed by atoms with Gasteiger partial charge in [-0.2, -0.15) is 5.10 Å². The number of Topliss-reactive ketones (excluding diaryl/α,β-unsaturated/α-hetero) is 1. The zero-order valence-electron chi connectivity index (χ0n) is 20.1. The first-order chi connectivity index (χ1) is 16.3. The fraction of sp³-hybridized carbons (Fsp3) is 0.500. The maximum atomic E-state index is 13.1. The Morgan fingerprint density at radius 1 is 1.18 bits per heavy atom. The third-order valence-electron chi connectivity index (χ3n) is 6.20. The lowest BCUT2D eigenvalue weighted by Gasteiger charge is -2.32. The molecule has 10 heteroatoms. The van der Waals surface area contributed by atoms with E-state index in [-0.39, 0.29) is 28.8 Å². The molecule has 1 amide bonds. The summed E-state index contributed by atoms with van der Waals surface area (Å²) in [5.74, 6) is 0.541. The molecule has 0 aromatic carbocycles. The van der Waals surface area contributed by atoms with Gasteiger partial charge in [0.05, 0.1) is 23.9 Å². The summed E-state index contributed by atoms with van der Waals surface area (Å²) in [7, 11) is 0. The Labute approximate surface area is 197 Å². The first-order valence-corrected chi connectivity index (χ1v) is 11.7. The van der Waals surface area contributed by atoms with E-state index in [0.717, 1.165) is 25.0 Å². The zero-order valence-corrected chi connectivity index (χ0v) is 20.1. The molecule has 0 bridgehead atoms. The lowest BCUT2D eigenvalue weighted by Crippen LogP contribution is -2.38. The molecule has 10 nitrogen and oxygen atoms in total. The number of nitrogens with one attached hydrogen (secondary N) is 1. The smallest absolute Gasteiger partial charge is 0.279 e. The number of pyridine rings is 1. The molecular weight excluding hydrogens is 436 g/mol. The first kappa shape index (κ1) is 23.6. The predicted octanol–water partition coefficient (Wildman–Crippen LogP) is 2.92. The van der Waals surface area contributed by atoms with Crippen LogP contribution in [0, 0.1) is 0 Å². The number of likely N-dealkylation sites (tertiary alicyclic amines) is 1. The molecule has 0 saturated carbocycles. The van der Waals surface area contributed by atoms with Crippen molar-refractivity contribution in [2.24, 2.45) is 0 Å². The fourth-order valence-corrected chi connectivity index (χ4v) is 4.35. The number of piperidine rings is 1. The van der Waals surface area contributed by atoms with Gasteiger partial charge in [0, 0.05) is 31.8 Å². The van der Waals surface area contributed by atoms with Gasteiger partial charge in [0.15, 0.2) is 11.3 Å². The van der Waals surface area contributed by atoms with Crippen molar-refractivity contribution in [2.75, 3.05) is 19.7 Å². The number of rotatable bonds is 7. The molecular formula is C24H30N6O4. The van der Waals surface area contributed by atoms with Crippen LogP contribution in [0.4, 0.5) is 0 Å². The number of amides is 1. The van der Waals surface area contributed by atoms with Crippen LogP contribution in [0.3, 0.4) is 0 Å². The molecule has 0 unspecified atom stereocenters. The molecule has 1 aliphatic rings. The molecule has 3 aromatic rings. The van der Waals surface area contributed by atoms with E-state index in [1.807, 2.05) is 23.4 Å². The highest BCUT2D eigenvalue weighted by Crippen LogP contribution is 2.30. The molecule has 1 N–H and O–H groups in total. The number of nitrogens with zero attached hydrogens (tertiary/aromatic N) is 5. The van der Waals surface area contributed by atoms with E-state index >= 15 is 0 Å². The maximum absolute atomic E-state index is 13.1. The third-order valence-corrected chi connectivity index (χ3v) is 6.20. The minimum absolute atomic E-state index is 0.0741. The van der Waals surface area contributed by atoms with Gasteiger partial charge in [-0.25, -0.2) is 9.97 Å². The molecule has 3 aromatic heterocycles. The summed E-state index contributed by atoms with van der Waals surface area (Å²) in [6.07, 6.45) is 4.43. The molecule has 4 rings (SSSR count). The van der Waals surface area contributed by atoms with E-state index < -0.39 is 0 Å². The van der Waals surface area contributed by atoms with Crippen LogP contribution in [0.25, 0.3) is 22.4 Å². The maximum Gasteiger partial charge on any atom is 0.279 e. The fourth-order valence-electron chi connectivity index (χ4n) is 4.35. The molecule has 1 fully saturated rings. The van der Waals surface area contributed by atoms with Crippen molar-refractivity contribution >= 4 is 22.7 Å². The topological polar surface area (TPSA) is 123 Å². The normalized spacial score (nSPS) is 14.5. The molecule has 1 aliphatic heterocycles. The number of carbonyl (C=O) groups is 2. The average Bonchev–Trinajstić information content (AvgIpc) is 3.21. The van der Waals surface area contributed by atoms with Crippen LogP contribution in [0.2, 0.25) is 0 Å². The minimum Gasteiger partial charge on any atom is -0.477 e. The second-order valence-corrected chi connectivity index (χ2v) is 8.58. The van der Waals surface area contributed by atoms with E-state index in [1.165, 1.54) is 13.1 Å². The quantitative estimate of drug-likeness (QED) is 0.531. The molecule has 0 radical (unpaired) electrons. The monoisotopic (exact) mass is 466 g/mol. The minimum atomic E-state index is -0.357. The highest BCUT2D eigenvalue weighted by Gasteiger charge is 2.27. The zero-order chi connectivity index (χ0) is 24.4. The van der Waals surface area contributed by atoms with Crippen molar-refractivity contribution in [3.8, 4) is 17.3 Å². The van der Waals surface area contributed by atoms with Gasteiger partial charge in [0.2, 0.25) is 11.8 Å². The van der Waals surface area contributed by atoms with Gasteiger partial charge in [-0.3, -0.25) is 19.1 Å². The molecule has 180 valence electrons. The lowest BCUT2D eigenvalue weighted by molar-refractivity contribution is -0.130. The highest BCUT2D eigenvalue weighted by atomic mass is 16.5. The highest BCUT2D eigenvalue weighted by molar-refractivity contribution is 5.95. The Balaban J connectivity index is 1.80. The summed E-state index contributed by atoms with van der Waals surface area (Å²) in [5, 5.41) is 4.64. The Bertz CT molecular complexity index is 1290. The Morgan fingerprint density at radius 3 is 2.53 bits per heavy atom. The Hall–Kier alpha value is -3.56. The third kappa shape index (κ3) is 4.44.